The molecule has 0 aliphatic carbocycles. The van der Waals surface area contributed by atoms with E-state index in [1.54, 1.807) is 11.3 Å². The van der Waals surface area contributed by atoms with Gasteiger partial charge in [-0.05, 0) is 45.2 Å². The van der Waals surface area contributed by atoms with Crippen molar-refractivity contribution < 1.29 is 4.79 Å². The van der Waals surface area contributed by atoms with E-state index in [-0.39, 0.29) is 11.9 Å². The van der Waals surface area contributed by atoms with Gasteiger partial charge in [-0.25, -0.2) is 4.98 Å². The fourth-order valence-corrected chi connectivity index (χ4v) is 5.20. The predicted molar refractivity (Wildman–Crippen MR) is 104 cm³/mol. The van der Waals surface area contributed by atoms with Crippen molar-refractivity contribution in [1.82, 2.24) is 15.2 Å². The number of piperidine rings is 1. The van der Waals surface area contributed by atoms with E-state index in [0.29, 0.717) is 5.69 Å². The summed E-state index contributed by atoms with van der Waals surface area (Å²) in [7, 11) is 0. The SMILES string of the molecule is CCN(CC)c1csc2cnc(C(=O)N[C@@H]3C[C@H]4CCN(C4)C3)cc12. The van der Waals surface area contributed by atoms with Crippen LogP contribution in [0.1, 0.15) is 37.2 Å². The number of aromatic nitrogens is 1. The predicted octanol–water partition coefficient (Wildman–Crippen LogP) is 2.97. The van der Waals surface area contributed by atoms with E-state index in [9.17, 15) is 4.79 Å². The van der Waals surface area contributed by atoms with Crippen molar-refractivity contribution in [3.8, 4) is 0 Å². The van der Waals surface area contributed by atoms with Gasteiger partial charge in [0.05, 0.1) is 10.4 Å². The highest BCUT2D eigenvalue weighted by molar-refractivity contribution is 7.17. The zero-order valence-corrected chi connectivity index (χ0v) is 15.8. The minimum Gasteiger partial charge on any atom is -0.371 e. The summed E-state index contributed by atoms with van der Waals surface area (Å²) >= 11 is 1.70. The second-order valence-corrected chi connectivity index (χ2v) is 8.09. The van der Waals surface area contributed by atoms with Gasteiger partial charge >= 0.3 is 0 Å². The molecule has 2 fully saturated rings. The van der Waals surface area contributed by atoms with Crippen molar-refractivity contribution in [2.75, 3.05) is 37.6 Å². The van der Waals surface area contributed by atoms with E-state index in [4.69, 9.17) is 0 Å². The molecule has 3 atom stereocenters. The average Bonchev–Trinajstić information content (AvgIpc) is 3.19. The Hall–Kier alpha value is -1.66. The van der Waals surface area contributed by atoms with Gasteiger partial charge in [0.15, 0.2) is 0 Å². The lowest BCUT2D eigenvalue weighted by Crippen LogP contribution is -2.47. The Bertz CT molecular complexity index is 758. The fourth-order valence-electron chi connectivity index (χ4n) is 4.28. The number of fused-ring (bicyclic) bond motifs is 3. The molecule has 0 aromatic carbocycles. The van der Waals surface area contributed by atoms with Gasteiger partial charge in [0, 0.05) is 49.2 Å². The molecule has 134 valence electrons. The second kappa shape index (κ2) is 6.92. The maximum Gasteiger partial charge on any atom is 0.270 e. The Morgan fingerprint density at radius 1 is 1.40 bits per heavy atom. The van der Waals surface area contributed by atoms with Gasteiger partial charge in [0.2, 0.25) is 0 Å². The van der Waals surface area contributed by atoms with Crippen LogP contribution in [0, 0.1) is 5.92 Å². The molecule has 2 saturated heterocycles. The average molecular weight is 359 g/mol. The number of thiophene rings is 1. The Labute approximate surface area is 153 Å². The first-order valence-corrected chi connectivity index (χ1v) is 10.2. The van der Waals surface area contributed by atoms with Crippen molar-refractivity contribution in [3.05, 3.63) is 23.3 Å². The van der Waals surface area contributed by atoms with Crippen molar-refractivity contribution in [2.45, 2.75) is 32.7 Å². The summed E-state index contributed by atoms with van der Waals surface area (Å²) < 4.78 is 1.14. The zero-order chi connectivity index (χ0) is 17.4. The Balaban J connectivity index is 1.54. The number of amides is 1. The molecule has 4 heterocycles. The highest BCUT2D eigenvalue weighted by atomic mass is 32.1. The second-order valence-electron chi connectivity index (χ2n) is 7.18. The van der Waals surface area contributed by atoms with Crippen molar-refractivity contribution in [3.63, 3.8) is 0 Å². The van der Waals surface area contributed by atoms with Crippen LogP contribution in [-0.2, 0) is 0 Å². The number of nitrogens with one attached hydrogen (secondary N) is 1. The molecule has 2 aliphatic rings. The quantitative estimate of drug-likeness (QED) is 0.893. The van der Waals surface area contributed by atoms with Gasteiger partial charge in [0.1, 0.15) is 5.69 Å². The lowest BCUT2D eigenvalue weighted by molar-refractivity contribution is 0.0904. The highest BCUT2D eigenvalue weighted by Gasteiger charge is 2.33. The van der Waals surface area contributed by atoms with Crippen LogP contribution in [0.15, 0.2) is 17.6 Å². The minimum absolute atomic E-state index is 0.0360. The Kier molecular flexibility index (Phi) is 4.65. The first-order valence-electron chi connectivity index (χ1n) is 9.33. The summed E-state index contributed by atoms with van der Waals surface area (Å²) in [5.41, 5.74) is 1.75. The summed E-state index contributed by atoms with van der Waals surface area (Å²) in [6.07, 6.45) is 4.22. The number of pyridine rings is 1. The van der Waals surface area contributed by atoms with E-state index in [1.165, 1.54) is 25.2 Å². The van der Waals surface area contributed by atoms with E-state index < -0.39 is 0 Å². The smallest absolute Gasteiger partial charge is 0.270 e. The van der Waals surface area contributed by atoms with E-state index >= 15 is 0 Å². The molecule has 1 N–H and O–H groups in total. The molecule has 6 heteroatoms. The molecule has 25 heavy (non-hydrogen) atoms. The Morgan fingerprint density at radius 3 is 3.00 bits per heavy atom. The molecule has 1 amide bonds. The van der Waals surface area contributed by atoms with Gasteiger partial charge in [-0.2, -0.15) is 0 Å². The van der Waals surface area contributed by atoms with E-state index in [1.807, 2.05) is 12.3 Å². The maximum atomic E-state index is 12.7. The molecule has 2 aliphatic heterocycles. The lowest BCUT2D eigenvalue weighted by Gasteiger charge is -2.30. The first kappa shape index (κ1) is 16.8. The van der Waals surface area contributed by atoms with Crippen LogP contribution in [0.4, 0.5) is 5.69 Å². The molecule has 2 aromatic rings. The molecular formula is C19H26N4OS. The third kappa shape index (κ3) is 3.25. The largest absolute Gasteiger partial charge is 0.371 e. The van der Waals surface area contributed by atoms with Gasteiger partial charge in [-0.3, -0.25) is 4.79 Å². The van der Waals surface area contributed by atoms with Crippen molar-refractivity contribution in [2.24, 2.45) is 5.92 Å². The van der Waals surface area contributed by atoms with Crippen LogP contribution in [0.25, 0.3) is 10.1 Å². The molecule has 1 unspecified atom stereocenters. The molecule has 0 spiro atoms. The summed E-state index contributed by atoms with van der Waals surface area (Å²) in [4.78, 5) is 21.9. The standard InChI is InChI=1S/C19H26N4OS/c1-3-23(4-2)17-12-25-18-9-20-16(8-15(17)18)19(24)21-14-7-13-5-6-22(10-13)11-14/h8-9,12-14H,3-7,10-11H2,1-2H3,(H,21,24)/t13-,14-/m1/s1. The number of anilines is 1. The summed E-state index contributed by atoms with van der Waals surface area (Å²) in [6, 6.07) is 2.22. The fraction of sp³-hybridized carbons (Fsp3) is 0.579. The molecule has 4 rings (SSSR count). The maximum absolute atomic E-state index is 12.7. The summed E-state index contributed by atoms with van der Waals surface area (Å²) in [5.74, 6) is 0.715. The summed E-state index contributed by atoms with van der Waals surface area (Å²) in [5, 5.41) is 6.53. The third-order valence-electron chi connectivity index (χ3n) is 5.58. The minimum atomic E-state index is -0.0360. The van der Waals surface area contributed by atoms with Gasteiger partial charge < -0.3 is 15.1 Å². The van der Waals surface area contributed by atoms with E-state index in [2.05, 4.69) is 39.3 Å². The first-order chi connectivity index (χ1) is 12.2. The number of hydrogen-bond acceptors (Lipinski definition) is 5. The molecule has 0 radical (unpaired) electrons. The molecule has 0 saturated carbocycles. The van der Waals surface area contributed by atoms with Crippen LogP contribution in [0.5, 0.6) is 0 Å². The molecule has 2 aromatic heterocycles. The summed E-state index contributed by atoms with van der Waals surface area (Å²) in [6.45, 7) is 9.62. The number of carbonyl (C=O) groups excluding carboxylic acids is 1. The number of hydrogen-bond donors (Lipinski definition) is 1. The van der Waals surface area contributed by atoms with E-state index in [0.717, 1.165) is 42.1 Å². The number of rotatable bonds is 5. The monoisotopic (exact) mass is 358 g/mol. The third-order valence-corrected chi connectivity index (χ3v) is 6.50. The van der Waals surface area contributed by atoms with Crippen LogP contribution in [0.3, 0.4) is 0 Å². The Morgan fingerprint density at radius 2 is 2.24 bits per heavy atom. The topological polar surface area (TPSA) is 48.5 Å². The van der Waals surface area contributed by atoms with Crippen LogP contribution < -0.4 is 10.2 Å². The zero-order valence-electron chi connectivity index (χ0n) is 15.0. The molecule has 2 bridgehead atoms. The van der Waals surface area contributed by atoms with Gasteiger partial charge in [0.25, 0.3) is 5.91 Å². The molecule has 5 nitrogen and oxygen atoms in total. The van der Waals surface area contributed by atoms with Crippen molar-refractivity contribution in [1.29, 1.82) is 0 Å². The normalized spacial score (nSPS) is 25.3. The van der Waals surface area contributed by atoms with Crippen LogP contribution in [0.2, 0.25) is 0 Å². The van der Waals surface area contributed by atoms with Crippen molar-refractivity contribution >= 4 is 33.0 Å². The lowest BCUT2D eigenvalue weighted by atomic mass is 9.97. The van der Waals surface area contributed by atoms with Gasteiger partial charge in [-0.1, -0.05) is 0 Å². The van der Waals surface area contributed by atoms with Crippen LogP contribution in [-0.4, -0.2) is 54.6 Å². The van der Waals surface area contributed by atoms with Crippen LogP contribution >= 0.6 is 11.3 Å². The highest BCUT2D eigenvalue weighted by Crippen LogP contribution is 2.33. The number of carbonyl (C=O) groups is 1. The number of nitrogens with zero attached hydrogens (tertiary/aromatic N) is 3. The van der Waals surface area contributed by atoms with Gasteiger partial charge in [-0.15, -0.1) is 11.3 Å². The molecular weight excluding hydrogens is 332 g/mol.